The normalized spacial score (nSPS) is 13.0. The number of aryl methyl sites for hydroxylation is 1. The second-order valence-electron chi connectivity index (χ2n) is 7.29. The summed E-state index contributed by atoms with van der Waals surface area (Å²) < 4.78 is 27.4. The van der Waals surface area contributed by atoms with E-state index in [9.17, 15) is 8.78 Å². The molecule has 0 aliphatic carbocycles. The van der Waals surface area contributed by atoms with Crippen molar-refractivity contribution in [3.8, 4) is 0 Å². The molecule has 0 aliphatic rings. The van der Waals surface area contributed by atoms with Gasteiger partial charge < -0.3 is 5.32 Å². The minimum atomic E-state index is -0.269. The first-order chi connectivity index (χ1) is 13.5. The molecule has 3 aromatic carbocycles. The zero-order valence-electron chi connectivity index (χ0n) is 16.1. The maximum atomic E-state index is 14.2. The Morgan fingerprint density at radius 3 is 2.36 bits per heavy atom. The summed E-state index contributed by atoms with van der Waals surface area (Å²) in [5.74, 6) is -0.505. The van der Waals surface area contributed by atoms with Crippen LogP contribution in [0.15, 0.2) is 85.5 Å². The highest BCUT2D eigenvalue weighted by Crippen LogP contribution is 2.31. The third-order valence-electron chi connectivity index (χ3n) is 5.20. The standard InChI is InChI=1S/C25H25F2N/c1-3-25(2,20-12-14-21(26)15-13-20)17-7-8-19-11-16-23(27)24(18-19)28-22-9-5-4-6-10-22/h3-6,9-16,18,28H,1,7-8,17H2,2H3. The fourth-order valence-electron chi connectivity index (χ4n) is 3.36. The van der Waals surface area contributed by atoms with E-state index in [1.807, 2.05) is 60.7 Å². The van der Waals surface area contributed by atoms with Gasteiger partial charge in [-0.3, -0.25) is 0 Å². The van der Waals surface area contributed by atoms with Gasteiger partial charge in [0.15, 0.2) is 0 Å². The van der Waals surface area contributed by atoms with Crippen LogP contribution in [0, 0.1) is 11.6 Å². The number of anilines is 2. The average molecular weight is 377 g/mol. The molecule has 0 saturated heterocycles. The maximum Gasteiger partial charge on any atom is 0.146 e. The molecule has 0 fully saturated rings. The van der Waals surface area contributed by atoms with E-state index in [0.717, 1.165) is 36.1 Å². The Morgan fingerprint density at radius 2 is 1.68 bits per heavy atom. The van der Waals surface area contributed by atoms with E-state index < -0.39 is 0 Å². The van der Waals surface area contributed by atoms with E-state index in [4.69, 9.17) is 0 Å². The smallest absolute Gasteiger partial charge is 0.146 e. The quantitative estimate of drug-likeness (QED) is 0.410. The van der Waals surface area contributed by atoms with Gasteiger partial charge in [-0.1, -0.05) is 49.4 Å². The van der Waals surface area contributed by atoms with E-state index in [0.29, 0.717) is 5.69 Å². The fourth-order valence-corrected chi connectivity index (χ4v) is 3.36. The minimum absolute atomic E-state index is 0.223. The molecule has 0 saturated carbocycles. The van der Waals surface area contributed by atoms with Crippen LogP contribution in [0.1, 0.15) is 30.9 Å². The van der Waals surface area contributed by atoms with Crippen LogP contribution in [0.4, 0.5) is 20.2 Å². The zero-order chi connectivity index (χ0) is 20.0. The van der Waals surface area contributed by atoms with E-state index >= 15 is 0 Å². The zero-order valence-corrected chi connectivity index (χ0v) is 16.1. The minimum Gasteiger partial charge on any atom is -0.353 e. The Morgan fingerprint density at radius 1 is 0.964 bits per heavy atom. The third-order valence-corrected chi connectivity index (χ3v) is 5.20. The Bertz CT molecular complexity index is 919. The van der Waals surface area contributed by atoms with E-state index in [1.54, 1.807) is 0 Å². The predicted octanol–water partition coefficient (Wildman–Crippen LogP) is 7.18. The molecule has 1 atom stereocenters. The molecule has 0 aliphatic heterocycles. The molecule has 0 bridgehead atoms. The molecule has 0 radical (unpaired) electrons. The Hall–Kier alpha value is -2.94. The number of hydrogen-bond acceptors (Lipinski definition) is 1. The number of hydrogen-bond donors (Lipinski definition) is 1. The van der Waals surface area contributed by atoms with Crippen LogP contribution in [-0.2, 0) is 11.8 Å². The summed E-state index contributed by atoms with van der Waals surface area (Å²) >= 11 is 0. The topological polar surface area (TPSA) is 12.0 Å². The van der Waals surface area contributed by atoms with Crippen LogP contribution >= 0.6 is 0 Å². The van der Waals surface area contributed by atoms with Crippen LogP contribution in [0.3, 0.4) is 0 Å². The molecule has 1 N–H and O–H groups in total. The molecule has 0 heterocycles. The molecule has 1 nitrogen and oxygen atoms in total. The number of para-hydroxylation sites is 1. The molecular formula is C25H25F2N. The monoisotopic (exact) mass is 377 g/mol. The van der Waals surface area contributed by atoms with Gasteiger partial charge in [0.1, 0.15) is 11.6 Å². The Kier molecular flexibility index (Phi) is 6.25. The molecule has 0 amide bonds. The Balaban J connectivity index is 1.66. The van der Waals surface area contributed by atoms with Crippen molar-refractivity contribution >= 4 is 11.4 Å². The van der Waals surface area contributed by atoms with Crippen molar-refractivity contribution in [1.82, 2.24) is 0 Å². The van der Waals surface area contributed by atoms with Crippen molar-refractivity contribution in [2.24, 2.45) is 0 Å². The highest BCUT2D eigenvalue weighted by atomic mass is 19.1. The van der Waals surface area contributed by atoms with Gasteiger partial charge in [-0.25, -0.2) is 8.78 Å². The van der Waals surface area contributed by atoms with Gasteiger partial charge >= 0.3 is 0 Å². The van der Waals surface area contributed by atoms with Gasteiger partial charge in [-0.2, -0.15) is 0 Å². The van der Waals surface area contributed by atoms with E-state index in [2.05, 4.69) is 18.8 Å². The van der Waals surface area contributed by atoms with Crippen molar-refractivity contribution in [1.29, 1.82) is 0 Å². The van der Waals surface area contributed by atoms with Gasteiger partial charge in [0, 0.05) is 11.1 Å². The first-order valence-electron chi connectivity index (χ1n) is 9.50. The molecule has 28 heavy (non-hydrogen) atoms. The summed E-state index contributed by atoms with van der Waals surface area (Å²) in [4.78, 5) is 0. The third kappa shape index (κ3) is 4.86. The van der Waals surface area contributed by atoms with Crippen LogP contribution in [0.5, 0.6) is 0 Å². The predicted molar refractivity (Wildman–Crippen MR) is 113 cm³/mol. The summed E-state index contributed by atoms with van der Waals surface area (Å²) in [6.07, 6.45) is 4.54. The molecule has 3 aromatic rings. The molecule has 0 aromatic heterocycles. The van der Waals surface area contributed by atoms with Gasteiger partial charge in [0.25, 0.3) is 0 Å². The first kappa shape index (κ1) is 19.8. The van der Waals surface area contributed by atoms with Gasteiger partial charge in [0.2, 0.25) is 0 Å². The highest BCUT2D eigenvalue weighted by Gasteiger charge is 2.22. The summed E-state index contributed by atoms with van der Waals surface area (Å²) in [7, 11) is 0. The lowest BCUT2D eigenvalue weighted by Gasteiger charge is -2.26. The van der Waals surface area contributed by atoms with E-state index in [-0.39, 0.29) is 17.0 Å². The van der Waals surface area contributed by atoms with Crippen molar-refractivity contribution in [3.63, 3.8) is 0 Å². The lowest BCUT2D eigenvalue weighted by molar-refractivity contribution is 0.514. The summed E-state index contributed by atoms with van der Waals surface area (Å²) in [6.45, 7) is 6.09. The molecule has 3 rings (SSSR count). The highest BCUT2D eigenvalue weighted by molar-refractivity contribution is 5.60. The second kappa shape index (κ2) is 8.83. The van der Waals surface area contributed by atoms with Gasteiger partial charge in [0.05, 0.1) is 5.69 Å². The summed E-state index contributed by atoms with van der Waals surface area (Å²) in [5.41, 5.74) is 3.24. The molecule has 144 valence electrons. The molecule has 1 unspecified atom stereocenters. The van der Waals surface area contributed by atoms with Crippen molar-refractivity contribution in [2.75, 3.05) is 5.32 Å². The lowest BCUT2D eigenvalue weighted by Crippen LogP contribution is -2.19. The van der Waals surface area contributed by atoms with Crippen LogP contribution in [-0.4, -0.2) is 0 Å². The number of rotatable bonds is 8. The van der Waals surface area contributed by atoms with Crippen LogP contribution in [0.25, 0.3) is 0 Å². The van der Waals surface area contributed by atoms with Crippen molar-refractivity contribution in [2.45, 2.75) is 31.6 Å². The first-order valence-corrected chi connectivity index (χ1v) is 9.50. The number of halogens is 2. The second-order valence-corrected chi connectivity index (χ2v) is 7.29. The summed E-state index contributed by atoms with van der Waals surface area (Å²) in [5, 5.41) is 3.13. The number of nitrogens with one attached hydrogen (secondary N) is 1. The lowest BCUT2D eigenvalue weighted by atomic mass is 9.78. The van der Waals surface area contributed by atoms with Gasteiger partial charge in [-0.15, -0.1) is 6.58 Å². The summed E-state index contributed by atoms with van der Waals surface area (Å²) in [6, 6.07) is 21.4. The van der Waals surface area contributed by atoms with Crippen molar-refractivity contribution in [3.05, 3.63) is 108 Å². The van der Waals surface area contributed by atoms with Crippen LogP contribution in [0.2, 0.25) is 0 Å². The number of benzene rings is 3. The van der Waals surface area contributed by atoms with E-state index in [1.165, 1.54) is 18.2 Å². The van der Waals surface area contributed by atoms with Gasteiger partial charge in [-0.05, 0) is 66.8 Å². The molecule has 3 heteroatoms. The van der Waals surface area contributed by atoms with Crippen LogP contribution < -0.4 is 5.32 Å². The Labute approximate surface area is 165 Å². The molecular weight excluding hydrogens is 352 g/mol. The largest absolute Gasteiger partial charge is 0.353 e. The average Bonchev–Trinajstić information content (AvgIpc) is 2.71. The van der Waals surface area contributed by atoms with Crippen molar-refractivity contribution < 1.29 is 8.78 Å². The number of allylic oxidation sites excluding steroid dienone is 1. The fraction of sp³-hybridized carbons (Fsp3) is 0.200. The molecule has 0 spiro atoms. The maximum absolute atomic E-state index is 14.2. The SMILES string of the molecule is C=CC(C)(CCCc1ccc(F)c(Nc2ccccc2)c1)c1ccc(F)cc1.